The zero-order valence-corrected chi connectivity index (χ0v) is 14.7. The maximum atomic E-state index is 5.29. The molecule has 0 radical (unpaired) electrons. The number of likely N-dealkylation sites (tertiary alicyclic amines) is 1. The smallest absolute Gasteiger partial charge is 0.121 e. The number of nitrogens with zero attached hydrogens (tertiary/aromatic N) is 2. The molecular weight excluding hydrogens is 314 g/mol. The minimum absolute atomic E-state index is 0.455. The first-order chi connectivity index (χ1) is 12.2. The summed E-state index contributed by atoms with van der Waals surface area (Å²) in [7, 11) is 3.38. The van der Waals surface area contributed by atoms with Crippen molar-refractivity contribution in [3.8, 4) is 11.5 Å². The van der Waals surface area contributed by atoms with Crippen LogP contribution < -0.4 is 9.47 Å². The Balaban J connectivity index is 1.44. The van der Waals surface area contributed by atoms with E-state index in [2.05, 4.69) is 22.0 Å². The first kappa shape index (κ1) is 16.0. The van der Waals surface area contributed by atoms with Crippen LogP contribution in [0.3, 0.4) is 0 Å². The van der Waals surface area contributed by atoms with Crippen LogP contribution in [-0.4, -0.2) is 42.2 Å². The van der Waals surface area contributed by atoms with E-state index in [1.807, 2.05) is 30.3 Å². The van der Waals surface area contributed by atoms with E-state index in [1.165, 1.54) is 5.56 Å². The fraction of sp³-hybridized carbons (Fsp3) is 0.350. The average Bonchev–Trinajstić information content (AvgIpc) is 3.28. The third-order valence-corrected chi connectivity index (χ3v) is 4.93. The van der Waals surface area contributed by atoms with Crippen molar-refractivity contribution in [1.29, 1.82) is 0 Å². The van der Waals surface area contributed by atoms with Gasteiger partial charge in [-0.25, -0.2) is 4.98 Å². The van der Waals surface area contributed by atoms with Crippen molar-refractivity contribution >= 4 is 11.0 Å². The predicted molar refractivity (Wildman–Crippen MR) is 98.3 cm³/mol. The second-order valence-electron chi connectivity index (χ2n) is 6.57. The van der Waals surface area contributed by atoms with Crippen LogP contribution in [0.1, 0.15) is 23.7 Å². The normalized spacial score (nSPS) is 17.9. The molecule has 5 nitrogen and oxygen atoms in total. The lowest BCUT2D eigenvalue weighted by molar-refractivity contribution is 0.325. The van der Waals surface area contributed by atoms with Gasteiger partial charge < -0.3 is 14.5 Å². The third-order valence-electron chi connectivity index (χ3n) is 4.93. The van der Waals surface area contributed by atoms with E-state index in [0.29, 0.717) is 5.92 Å². The highest BCUT2D eigenvalue weighted by atomic mass is 16.5. The van der Waals surface area contributed by atoms with Crippen molar-refractivity contribution in [3.63, 3.8) is 0 Å². The summed E-state index contributed by atoms with van der Waals surface area (Å²) >= 11 is 0. The lowest BCUT2D eigenvalue weighted by Crippen LogP contribution is -2.19. The molecule has 0 amide bonds. The quantitative estimate of drug-likeness (QED) is 0.773. The highest BCUT2D eigenvalue weighted by Gasteiger charge is 2.26. The largest absolute Gasteiger partial charge is 0.497 e. The Kier molecular flexibility index (Phi) is 4.32. The average molecular weight is 337 g/mol. The molecule has 0 unspecified atom stereocenters. The number of methoxy groups -OCH3 is 2. The van der Waals surface area contributed by atoms with Gasteiger partial charge in [-0.15, -0.1) is 0 Å². The number of rotatable bonds is 5. The number of benzene rings is 2. The predicted octanol–water partition coefficient (Wildman–Crippen LogP) is 3.57. The van der Waals surface area contributed by atoms with Gasteiger partial charge in [0, 0.05) is 25.1 Å². The maximum absolute atomic E-state index is 5.29. The number of imidazole rings is 1. The van der Waals surface area contributed by atoms with Crippen molar-refractivity contribution in [2.45, 2.75) is 18.9 Å². The molecule has 1 aromatic heterocycles. The van der Waals surface area contributed by atoms with Gasteiger partial charge in [0.15, 0.2) is 0 Å². The van der Waals surface area contributed by atoms with E-state index in [0.717, 1.165) is 54.4 Å². The molecule has 1 atom stereocenters. The zero-order valence-electron chi connectivity index (χ0n) is 14.7. The molecule has 25 heavy (non-hydrogen) atoms. The Morgan fingerprint density at radius 2 is 1.84 bits per heavy atom. The van der Waals surface area contributed by atoms with E-state index in [-0.39, 0.29) is 0 Å². The Morgan fingerprint density at radius 3 is 2.60 bits per heavy atom. The second kappa shape index (κ2) is 6.76. The number of H-pyrrole nitrogens is 1. The van der Waals surface area contributed by atoms with Crippen LogP contribution in [-0.2, 0) is 6.54 Å². The summed E-state index contributed by atoms with van der Waals surface area (Å²) in [6.45, 7) is 3.09. The highest BCUT2D eigenvalue weighted by Crippen LogP contribution is 2.29. The SMILES string of the molecule is COc1ccc(CN2CC[C@H](c3nc4ccc(OC)cc4[nH]3)C2)cc1. The summed E-state index contributed by atoms with van der Waals surface area (Å²) in [5, 5.41) is 0. The van der Waals surface area contributed by atoms with Crippen molar-refractivity contribution in [1.82, 2.24) is 14.9 Å². The Bertz CT molecular complexity index is 857. The van der Waals surface area contributed by atoms with E-state index < -0.39 is 0 Å². The van der Waals surface area contributed by atoms with E-state index >= 15 is 0 Å². The summed E-state index contributed by atoms with van der Waals surface area (Å²) in [4.78, 5) is 10.7. The van der Waals surface area contributed by atoms with Crippen molar-refractivity contribution in [3.05, 3.63) is 53.9 Å². The number of aromatic amines is 1. The van der Waals surface area contributed by atoms with Gasteiger partial charge in [0.2, 0.25) is 0 Å². The number of fused-ring (bicyclic) bond motifs is 1. The molecular formula is C20H23N3O2. The molecule has 0 bridgehead atoms. The Labute approximate surface area is 147 Å². The molecule has 0 aliphatic carbocycles. The molecule has 0 spiro atoms. The second-order valence-corrected chi connectivity index (χ2v) is 6.57. The van der Waals surface area contributed by atoms with Gasteiger partial charge in [0.05, 0.1) is 25.3 Å². The first-order valence-corrected chi connectivity index (χ1v) is 8.64. The molecule has 1 saturated heterocycles. The molecule has 4 rings (SSSR count). The first-order valence-electron chi connectivity index (χ1n) is 8.64. The summed E-state index contributed by atoms with van der Waals surface area (Å²) in [5.74, 6) is 3.30. The highest BCUT2D eigenvalue weighted by molar-refractivity contribution is 5.76. The lowest BCUT2D eigenvalue weighted by atomic mass is 10.1. The van der Waals surface area contributed by atoms with E-state index in [1.54, 1.807) is 14.2 Å². The zero-order chi connectivity index (χ0) is 17.2. The fourth-order valence-corrected chi connectivity index (χ4v) is 3.52. The molecule has 1 aliphatic heterocycles. The minimum atomic E-state index is 0.455. The van der Waals surface area contributed by atoms with Crippen LogP contribution in [0.2, 0.25) is 0 Å². The Morgan fingerprint density at radius 1 is 1.08 bits per heavy atom. The van der Waals surface area contributed by atoms with Crippen LogP contribution in [0.25, 0.3) is 11.0 Å². The van der Waals surface area contributed by atoms with Crippen LogP contribution in [0.4, 0.5) is 0 Å². The van der Waals surface area contributed by atoms with Crippen LogP contribution in [0, 0.1) is 0 Å². The van der Waals surface area contributed by atoms with Crippen LogP contribution in [0.15, 0.2) is 42.5 Å². The lowest BCUT2D eigenvalue weighted by Gasteiger charge is -2.15. The van der Waals surface area contributed by atoms with Gasteiger partial charge >= 0.3 is 0 Å². The topological polar surface area (TPSA) is 50.4 Å². The maximum Gasteiger partial charge on any atom is 0.121 e. The van der Waals surface area contributed by atoms with Gasteiger partial charge in [-0.1, -0.05) is 12.1 Å². The van der Waals surface area contributed by atoms with Crippen LogP contribution >= 0.6 is 0 Å². The standard InChI is InChI=1S/C20H23N3O2/c1-24-16-5-3-14(4-6-16)12-23-10-9-15(13-23)20-21-18-8-7-17(25-2)11-19(18)22-20/h3-8,11,15H,9-10,12-13H2,1-2H3,(H,21,22)/t15-/m0/s1. The van der Waals surface area contributed by atoms with Gasteiger partial charge in [-0.3, -0.25) is 4.90 Å². The number of hydrogen-bond acceptors (Lipinski definition) is 4. The summed E-state index contributed by atoms with van der Waals surface area (Å²) in [5.41, 5.74) is 3.36. The third kappa shape index (κ3) is 3.33. The minimum Gasteiger partial charge on any atom is -0.497 e. The molecule has 5 heteroatoms. The van der Waals surface area contributed by atoms with E-state index in [4.69, 9.17) is 14.5 Å². The number of ether oxygens (including phenoxy) is 2. The molecule has 1 N–H and O–H groups in total. The fourth-order valence-electron chi connectivity index (χ4n) is 3.52. The van der Waals surface area contributed by atoms with Gasteiger partial charge in [-0.2, -0.15) is 0 Å². The van der Waals surface area contributed by atoms with Gasteiger partial charge in [0.25, 0.3) is 0 Å². The molecule has 1 fully saturated rings. The van der Waals surface area contributed by atoms with Crippen LogP contribution in [0.5, 0.6) is 11.5 Å². The molecule has 2 heterocycles. The number of aromatic nitrogens is 2. The molecule has 1 aliphatic rings. The molecule has 3 aromatic rings. The van der Waals surface area contributed by atoms with Crippen molar-refractivity contribution in [2.24, 2.45) is 0 Å². The number of nitrogens with one attached hydrogen (secondary N) is 1. The Hall–Kier alpha value is -2.53. The summed E-state index contributed by atoms with van der Waals surface area (Å²) < 4.78 is 10.5. The summed E-state index contributed by atoms with van der Waals surface area (Å²) in [6.07, 6.45) is 1.13. The monoisotopic (exact) mass is 337 g/mol. The van der Waals surface area contributed by atoms with E-state index in [9.17, 15) is 0 Å². The van der Waals surface area contributed by atoms with Gasteiger partial charge in [-0.05, 0) is 42.8 Å². The molecule has 2 aromatic carbocycles. The molecule has 130 valence electrons. The summed E-state index contributed by atoms with van der Waals surface area (Å²) in [6, 6.07) is 14.3. The van der Waals surface area contributed by atoms with Gasteiger partial charge in [0.1, 0.15) is 17.3 Å². The van der Waals surface area contributed by atoms with Crippen molar-refractivity contribution < 1.29 is 9.47 Å². The number of hydrogen-bond donors (Lipinski definition) is 1. The molecule has 0 saturated carbocycles. The van der Waals surface area contributed by atoms with Crippen molar-refractivity contribution in [2.75, 3.05) is 27.3 Å².